The van der Waals surface area contributed by atoms with Crippen LogP contribution in [0, 0.1) is 0 Å². The Morgan fingerprint density at radius 3 is 2.59 bits per heavy atom. The maximum atomic E-state index is 12.4. The Kier molecular flexibility index (Phi) is 6.31. The van der Waals surface area contributed by atoms with Gasteiger partial charge in [0.1, 0.15) is 11.6 Å². The van der Waals surface area contributed by atoms with E-state index in [2.05, 4.69) is 5.32 Å². The number of rotatable bonds is 4. The first-order valence-electron chi connectivity index (χ1n) is 7.25. The summed E-state index contributed by atoms with van der Waals surface area (Å²) in [7, 11) is 0. The monoisotopic (exact) mass is 330 g/mol. The number of carbonyl (C=O) groups is 2. The van der Waals surface area contributed by atoms with E-state index in [1.807, 2.05) is 13.8 Å². The van der Waals surface area contributed by atoms with Gasteiger partial charge < -0.3 is 15.2 Å². The minimum Gasteiger partial charge on any atom is -0.444 e. The zero-order chi connectivity index (χ0) is 17.0. The fraction of sp³-hybridized carbons (Fsp3) is 0.733. The quantitative estimate of drug-likeness (QED) is 0.768. The summed E-state index contributed by atoms with van der Waals surface area (Å²) >= 11 is 1.55. The summed E-state index contributed by atoms with van der Waals surface area (Å²) in [4.78, 5) is 26.2. The normalized spacial score (nSPS) is 21.2. The van der Waals surface area contributed by atoms with Crippen LogP contribution in [-0.4, -0.2) is 57.4 Å². The molecule has 6 nitrogen and oxygen atoms in total. The van der Waals surface area contributed by atoms with Gasteiger partial charge in [0.15, 0.2) is 0 Å². The molecule has 2 amide bonds. The second-order valence-corrected chi connectivity index (χ2v) is 8.23. The molecule has 0 spiro atoms. The fourth-order valence-corrected chi connectivity index (χ4v) is 3.23. The van der Waals surface area contributed by atoms with Gasteiger partial charge in [-0.05, 0) is 34.6 Å². The average Bonchev–Trinajstić information content (AvgIpc) is 2.68. The predicted molar refractivity (Wildman–Crippen MR) is 87.6 cm³/mol. The maximum absolute atomic E-state index is 12.4. The van der Waals surface area contributed by atoms with E-state index < -0.39 is 17.7 Å². The fourth-order valence-electron chi connectivity index (χ4n) is 2.11. The lowest BCUT2D eigenvalue weighted by Gasteiger charge is -2.31. The number of nitrogens with one attached hydrogen (secondary N) is 1. The van der Waals surface area contributed by atoms with Crippen LogP contribution >= 0.6 is 11.8 Å². The van der Waals surface area contributed by atoms with Gasteiger partial charge in [-0.25, -0.2) is 4.79 Å². The Labute approximate surface area is 136 Å². The van der Waals surface area contributed by atoms with Crippen molar-refractivity contribution in [3.63, 3.8) is 0 Å². The van der Waals surface area contributed by atoms with Crippen LogP contribution in [0.25, 0.3) is 0 Å². The number of aliphatic hydroxyl groups is 1. The van der Waals surface area contributed by atoms with E-state index >= 15 is 0 Å². The van der Waals surface area contributed by atoms with Crippen molar-refractivity contribution in [2.75, 3.05) is 19.0 Å². The molecule has 0 unspecified atom stereocenters. The Morgan fingerprint density at radius 1 is 1.41 bits per heavy atom. The minimum absolute atomic E-state index is 0.0648. The van der Waals surface area contributed by atoms with Crippen molar-refractivity contribution in [1.82, 2.24) is 10.2 Å². The highest BCUT2D eigenvalue weighted by molar-refractivity contribution is 8.00. The molecule has 22 heavy (non-hydrogen) atoms. The van der Waals surface area contributed by atoms with E-state index in [1.165, 1.54) is 4.90 Å². The Morgan fingerprint density at radius 2 is 2.05 bits per heavy atom. The number of hydrogen-bond acceptors (Lipinski definition) is 5. The second-order valence-electron chi connectivity index (χ2n) is 6.63. The molecule has 0 aromatic rings. The van der Waals surface area contributed by atoms with Gasteiger partial charge in [-0.1, -0.05) is 12.2 Å². The van der Waals surface area contributed by atoms with Gasteiger partial charge in [-0.2, -0.15) is 0 Å². The van der Waals surface area contributed by atoms with Gasteiger partial charge in [-0.3, -0.25) is 9.69 Å². The highest BCUT2D eigenvalue weighted by Gasteiger charge is 2.48. The van der Waals surface area contributed by atoms with Crippen LogP contribution in [0.1, 0.15) is 34.6 Å². The SMILES string of the molecule is CC(C)(C)OC(=O)N1CSC(C)(C)[C@H]1C(=O)NC/C=C\CO. The largest absolute Gasteiger partial charge is 0.444 e. The lowest BCUT2D eigenvalue weighted by atomic mass is 10.0. The summed E-state index contributed by atoms with van der Waals surface area (Å²) in [5, 5.41) is 11.4. The lowest BCUT2D eigenvalue weighted by molar-refractivity contribution is -0.126. The first-order chi connectivity index (χ1) is 10.1. The van der Waals surface area contributed by atoms with Crippen LogP contribution in [0.15, 0.2) is 12.2 Å². The van der Waals surface area contributed by atoms with Crippen LogP contribution in [0.3, 0.4) is 0 Å². The third-order valence-corrected chi connectivity index (χ3v) is 4.46. The molecular formula is C15H26N2O4S. The Hall–Kier alpha value is -1.21. The predicted octanol–water partition coefficient (Wildman–Crippen LogP) is 1.74. The molecule has 1 atom stereocenters. The smallest absolute Gasteiger partial charge is 0.411 e. The number of nitrogens with zero attached hydrogens (tertiary/aromatic N) is 1. The van der Waals surface area contributed by atoms with Gasteiger partial charge in [-0.15, -0.1) is 11.8 Å². The number of hydrogen-bond donors (Lipinski definition) is 2. The molecule has 1 fully saturated rings. The van der Waals surface area contributed by atoms with E-state index in [0.717, 1.165) is 0 Å². The molecule has 0 bridgehead atoms. The highest BCUT2D eigenvalue weighted by atomic mass is 32.2. The van der Waals surface area contributed by atoms with Crippen molar-refractivity contribution in [3.05, 3.63) is 12.2 Å². The van der Waals surface area contributed by atoms with E-state index in [9.17, 15) is 9.59 Å². The lowest BCUT2D eigenvalue weighted by Crippen LogP contribution is -2.54. The molecular weight excluding hydrogens is 304 g/mol. The van der Waals surface area contributed by atoms with Crippen molar-refractivity contribution in [2.24, 2.45) is 0 Å². The maximum Gasteiger partial charge on any atom is 0.411 e. The molecule has 1 aliphatic heterocycles. The van der Waals surface area contributed by atoms with Crippen LogP contribution in [0.2, 0.25) is 0 Å². The third kappa shape index (κ3) is 5.21. The Balaban J connectivity index is 2.79. The molecule has 0 aliphatic carbocycles. The van der Waals surface area contributed by atoms with Crippen molar-refractivity contribution < 1.29 is 19.4 Å². The first-order valence-corrected chi connectivity index (χ1v) is 8.24. The van der Waals surface area contributed by atoms with E-state index in [0.29, 0.717) is 12.4 Å². The molecule has 0 saturated carbocycles. The van der Waals surface area contributed by atoms with Crippen molar-refractivity contribution in [2.45, 2.75) is 51.0 Å². The summed E-state index contributed by atoms with van der Waals surface area (Å²) in [6.45, 7) is 9.53. The van der Waals surface area contributed by atoms with Crippen molar-refractivity contribution in [3.8, 4) is 0 Å². The molecule has 126 valence electrons. The molecule has 0 aromatic heterocycles. The minimum atomic E-state index is -0.598. The highest BCUT2D eigenvalue weighted by Crippen LogP contribution is 2.39. The summed E-state index contributed by atoms with van der Waals surface area (Å²) < 4.78 is 5.00. The summed E-state index contributed by atoms with van der Waals surface area (Å²) in [5.74, 6) is 0.204. The second kappa shape index (κ2) is 7.37. The molecule has 2 N–H and O–H groups in total. The molecule has 7 heteroatoms. The Bertz CT molecular complexity index is 443. The topological polar surface area (TPSA) is 78.9 Å². The number of ether oxygens (including phenoxy) is 1. The van der Waals surface area contributed by atoms with Crippen LogP contribution in [-0.2, 0) is 9.53 Å². The van der Waals surface area contributed by atoms with Gasteiger partial charge >= 0.3 is 6.09 Å². The van der Waals surface area contributed by atoms with Crippen molar-refractivity contribution >= 4 is 23.8 Å². The van der Waals surface area contributed by atoms with Crippen LogP contribution in [0.5, 0.6) is 0 Å². The van der Waals surface area contributed by atoms with E-state index in [-0.39, 0.29) is 17.3 Å². The third-order valence-electron chi connectivity index (χ3n) is 3.09. The van der Waals surface area contributed by atoms with E-state index in [1.54, 1.807) is 44.7 Å². The number of carbonyl (C=O) groups excluding carboxylic acids is 2. The summed E-state index contributed by atoms with van der Waals surface area (Å²) in [5.41, 5.74) is -0.598. The standard InChI is InChI=1S/C15H26N2O4S/c1-14(2,3)21-13(20)17-10-22-15(4,5)11(17)12(19)16-8-6-7-9-18/h6-7,11,18H,8-10H2,1-5H3,(H,16,19)/b7-6-/t11-/m1/s1. The molecule has 1 rings (SSSR count). The number of amides is 2. The van der Waals surface area contributed by atoms with Crippen LogP contribution < -0.4 is 5.32 Å². The zero-order valence-corrected chi connectivity index (χ0v) is 14.7. The number of aliphatic hydroxyl groups excluding tert-OH is 1. The summed E-state index contributed by atoms with van der Waals surface area (Å²) in [6.07, 6.45) is 2.75. The average molecular weight is 330 g/mol. The van der Waals surface area contributed by atoms with Crippen molar-refractivity contribution in [1.29, 1.82) is 0 Å². The summed E-state index contributed by atoms with van der Waals surface area (Å²) in [6, 6.07) is -0.588. The zero-order valence-electron chi connectivity index (χ0n) is 13.9. The van der Waals surface area contributed by atoms with Gasteiger partial charge in [0, 0.05) is 11.3 Å². The van der Waals surface area contributed by atoms with Gasteiger partial charge in [0.05, 0.1) is 12.5 Å². The van der Waals surface area contributed by atoms with Crippen LogP contribution in [0.4, 0.5) is 4.79 Å². The number of thioether (sulfide) groups is 1. The molecule has 1 heterocycles. The van der Waals surface area contributed by atoms with Gasteiger partial charge in [0.25, 0.3) is 0 Å². The molecule has 1 saturated heterocycles. The van der Waals surface area contributed by atoms with E-state index in [4.69, 9.17) is 9.84 Å². The first kappa shape index (κ1) is 18.8. The van der Waals surface area contributed by atoms with Gasteiger partial charge in [0.2, 0.25) is 5.91 Å². The molecule has 1 aliphatic rings. The molecule has 0 aromatic carbocycles. The molecule has 0 radical (unpaired) electrons.